The molecule has 0 amide bonds. The Balaban J connectivity index is 0.939. The fourth-order valence-electron chi connectivity index (χ4n) is 11.0. The molecule has 0 bridgehead atoms. The molecule has 4 atom stereocenters. The normalized spacial score (nSPS) is 17.7. The maximum Gasteiger partial charge on any atom is 0.127 e. The zero-order chi connectivity index (χ0) is 46.9. The summed E-state index contributed by atoms with van der Waals surface area (Å²) < 4.78 is 0. The van der Waals surface area contributed by atoms with Crippen molar-refractivity contribution >= 4 is 22.7 Å². The van der Waals surface area contributed by atoms with Crippen LogP contribution in [0, 0.1) is 5.92 Å². The molecular formula is C66H52N4. The molecule has 0 saturated heterocycles. The van der Waals surface area contributed by atoms with Gasteiger partial charge in [0.25, 0.3) is 0 Å². The lowest BCUT2D eigenvalue weighted by atomic mass is 9.62. The van der Waals surface area contributed by atoms with Crippen molar-refractivity contribution in [2.45, 2.75) is 24.2 Å². The zero-order valence-electron chi connectivity index (χ0n) is 38.8. The number of rotatable bonds is 12. The first-order valence-electron chi connectivity index (χ1n) is 24.3. The van der Waals surface area contributed by atoms with Gasteiger partial charge in [-0.1, -0.05) is 218 Å². The van der Waals surface area contributed by atoms with Crippen LogP contribution in [-0.4, -0.2) is 6.21 Å². The third kappa shape index (κ3) is 8.03. The summed E-state index contributed by atoms with van der Waals surface area (Å²) in [5.74, 6) is 0.262. The number of nitrogens with two attached hydrogens (primary N) is 1. The molecule has 0 radical (unpaired) electrons. The van der Waals surface area contributed by atoms with Crippen LogP contribution in [0.3, 0.4) is 0 Å². The van der Waals surface area contributed by atoms with Gasteiger partial charge in [-0.15, -0.1) is 0 Å². The van der Waals surface area contributed by atoms with E-state index in [4.69, 9.17) is 10.7 Å². The minimum atomic E-state index is -0.582. The third-order valence-electron chi connectivity index (χ3n) is 14.4. The van der Waals surface area contributed by atoms with Gasteiger partial charge in [0.15, 0.2) is 0 Å². The van der Waals surface area contributed by atoms with Crippen LogP contribution < -0.4 is 16.4 Å². The molecule has 0 saturated carbocycles. The zero-order valence-corrected chi connectivity index (χ0v) is 38.8. The largest absolute Gasteiger partial charge is 0.356 e. The number of fused-ring (bicyclic) bond motifs is 5. The van der Waals surface area contributed by atoms with Crippen molar-refractivity contribution in [3.63, 3.8) is 0 Å². The van der Waals surface area contributed by atoms with Gasteiger partial charge in [0.05, 0.1) is 11.6 Å². The molecule has 4 heteroatoms. The van der Waals surface area contributed by atoms with Crippen LogP contribution in [0.1, 0.15) is 52.1 Å². The molecule has 3 aliphatic carbocycles. The fourth-order valence-corrected chi connectivity index (χ4v) is 11.0. The topological polar surface area (TPSA) is 62.4 Å². The van der Waals surface area contributed by atoms with Gasteiger partial charge in [-0.25, -0.2) is 0 Å². The van der Waals surface area contributed by atoms with Gasteiger partial charge in [-0.3, -0.25) is 10.3 Å². The Hall–Kier alpha value is -8.41. The molecule has 336 valence electrons. The van der Waals surface area contributed by atoms with Crippen LogP contribution in [-0.2, 0) is 5.41 Å². The van der Waals surface area contributed by atoms with Crippen molar-refractivity contribution < 1.29 is 0 Å². The highest BCUT2D eigenvalue weighted by atomic mass is 15.1. The summed E-state index contributed by atoms with van der Waals surface area (Å²) in [7, 11) is 0. The summed E-state index contributed by atoms with van der Waals surface area (Å²) in [6.45, 7) is 0. The Morgan fingerprint density at radius 3 is 2.04 bits per heavy atom. The van der Waals surface area contributed by atoms with E-state index in [1.165, 1.54) is 55.3 Å². The molecule has 4 unspecified atom stereocenters. The van der Waals surface area contributed by atoms with E-state index in [-0.39, 0.29) is 12.1 Å². The van der Waals surface area contributed by atoms with Crippen LogP contribution in [0.5, 0.6) is 0 Å². The first-order valence-corrected chi connectivity index (χ1v) is 24.3. The molecule has 0 spiro atoms. The van der Waals surface area contributed by atoms with Crippen LogP contribution >= 0.6 is 0 Å². The third-order valence-corrected chi connectivity index (χ3v) is 14.4. The SMILES string of the molecule is NC(NC(/N=C/c1cccc(-c2ccc3c(c2)-c2ccccc2C3(C2=C(Nc3ccccc3)C=C3C=CC=CC3C2)c2ccc3ccccc3c2)c1)c1ccccc1)c1ccc(-c2ccccc2)cc1. The van der Waals surface area contributed by atoms with Crippen molar-refractivity contribution in [2.75, 3.05) is 5.32 Å². The monoisotopic (exact) mass is 900 g/mol. The first kappa shape index (κ1) is 42.9. The summed E-state index contributed by atoms with van der Waals surface area (Å²) in [5, 5.41) is 10.0. The van der Waals surface area contributed by atoms with E-state index >= 15 is 0 Å². The Morgan fingerprint density at radius 2 is 1.21 bits per heavy atom. The number of aliphatic imine (C=N–C) groups is 1. The number of allylic oxidation sites excluding steroid dienone is 7. The quantitative estimate of drug-likeness (QED) is 0.0846. The van der Waals surface area contributed by atoms with Crippen LogP contribution in [0.15, 0.2) is 277 Å². The molecule has 9 aromatic carbocycles. The Bertz CT molecular complexity index is 3530. The summed E-state index contributed by atoms with van der Waals surface area (Å²) in [4.78, 5) is 5.17. The maximum absolute atomic E-state index is 6.87. The minimum absolute atomic E-state index is 0.262. The van der Waals surface area contributed by atoms with Gasteiger partial charge in [-0.05, 0) is 132 Å². The molecule has 0 fully saturated rings. The second-order valence-electron chi connectivity index (χ2n) is 18.5. The molecule has 0 aromatic heterocycles. The summed E-state index contributed by atoms with van der Waals surface area (Å²) in [6, 6.07) is 80.6. The van der Waals surface area contributed by atoms with Gasteiger partial charge >= 0.3 is 0 Å². The highest BCUT2D eigenvalue weighted by Gasteiger charge is 2.49. The standard InChI is InChI=1S/C66H52N4/c67-64(49-33-31-48(32-34-49)46-18-4-1-5-19-46)70-65(50-21-6-2-7-22-50)68-44-45-17-16-26-51(39-45)55-36-38-61-59(41-55)58-29-14-15-30-60(58)66(61,56-37-35-47-20-10-11-23-52(47)40-56)62-42-53-24-12-13-25-54(53)43-63(62)69-57-27-8-3-9-28-57/h1-41,43-44,53,64-65,69-70H,42,67H2/b68-44+. The number of hydrogen-bond acceptors (Lipinski definition) is 4. The molecular weight excluding hydrogens is 849 g/mol. The lowest BCUT2D eigenvalue weighted by Crippen LogP contribution is -2.34. The highest BCUT2D eigenvalue weighted by Crippen LogP contribution is 2.60. The molecule has 9 aromatic rings. The van der Waals surface area contributed by atoms with Crippen molar-refractivity contribution in [2.24, 2.45) is 16.6 Å². The van der Waals surface area contributed by atoms with Crippen molar-refractivity contribution in [3.05, 3.63) is 305 Å². The molecule has 0 aliphatic heterocycles. The van der Waals surface area contributed by atoms with Crippen LogP contribution in [0.25, 0.3) is 44.2 Å². The van der Waals surface area contributed by atoms with Crippen LogP contribution in [0.4, 0.5) is 5.69 Å². The van der Waals surface area contributed by atoms with Gasteiger partial charge < -0.3 is 11.1 Å². The number of benzene rings is 9. The van der Waals surface area contributed by atoms with Crippen molar-refractivity contribution in [3.8, 4) is 33.4 Å². The molecule has 12 rings (SSSR count). The van der Waals surface area contributed by atoms with Gasteiger partial charge in [0.1, 0.15) is 6.17 Å². The average molecular weight is 901 g/mol. The average Bonchev–Trinajstić information content (AvgIpc) is 3.73. The fraction of sp³-hybridized carbons (Fsp3) is 0.0758. The van der Waals surface area contributed by atoms with E-state index in [0.29, 0.717) is 0 Å². The second-order valence-corrected chi connectivity index (χ2v) is 18.5. The lowest BCUT2D eigenvalue weighted by Gasteiger charge is -2.41. The van der Waals surface area contributed by atoms with E-state index < -0.39 is 11.6 Å². The van der Waals surface area contributed by atoms with Crippen molar-refractivity contribution in [1.29, 1.82) is 0 Å². The van der Waals surface area contributed by atoms with E-state index in [1.807, 2.05) is 30.5 Å². The minimum Gasteiger partial charge on any atom is -0.356 e. The Kier molecular flexibility index (Phi) is 11.4. The Morgan fingerprint density at radius 1 is 0.543 bits per heavy atom. The van der Waals surface area contributed by atoms with Gasteiger partial charge in [0.2, 0.25) is 0 Å². The van der Waals surface area contributed by atoms with Crippen molar-refractivity contribution in [1.82, 2.24) is 5.32 Å². The van der Waals surface area contributed by atoms with E-state index in [1.54, 1.807) is 0 Å². The summed E-state index contributed by atoms with van der Waals surface area (Å²) in [5.41, 5.74) is 25.2. The molecule has 4 nitrogen and oxygen atoms in total. The molecule has 70 heavy (non-hydrogen) atoms. The summed E-state index contributed by atoms with van der Waals surface area (Å²) in [6.07, 6.45) is 13.5. The number of nitrogens with zero attached hydrogens (tertiary/aromatic N) is 1. The smallest absolute Gasteiger partial charge is 0.127 e. The number of anilines is 1. The lowest BCUT2D eigenvalue weighted by molar-refractivity contribution is 0.467. The Labute approximate surface area is 410 Å². The number of hydrogen-bond donors (Lipinski definition) is 3. The number of para-hydroxylation sites is 1. The van der Waals surface area contributed by atoms with Crippen LogP contribution in [0.2, 0.25) is 0 Å². The van der Waals surface area contributed by atoms with Gasteiger partial charge in [-0.2, -0.15) is 0 Å². The van der Waals surface area contributed by atoms with E-state index in [0.717, 1.165) is 51.2 Å². The molecule has 4 N–H and O–H groups in total. The first-order chi connectivity index (χ1) is 34.6. The number of nitrogens with one attached hydrogen (secondary N) is 2. The highest BCUT2D eigenvalue weighted by molar-refractivity contribution is 5.92. The second kappa shape index (κ2) is 18.6. The van der Waals surface area contributed by atoms with Gasteiger partial charge in [0, 0.05) is 23.5 Å². The predicted molar refractivity (Wildman–Crippen MR) is 291 cm³/mol. The molecule has 0 heterocycles. The summed E-state index contributed by atoms with van der Waals surface area (Å²) >= 11 is 0. The molecule has 3 aliphatic rings. The predicted octanol–water partition coefficient (Wildman–Crippen LogP) is 15.3. The maximum atomic E-state index is 6.87. The van der Waals surface area contributed by atoms with E-state index in [9.17, 15) is 0 Å². The van der Waals surface area contributed by atoms with E-state index in [2.05, 4.69) is 241 Å².